The van der Waals surface area contributed by atoms with E-state index in [2.05, 4.69) is 10.6 Å². The third-order valence-electron chi connectivity index (χ3n) is 2.65. The number of primary sulfonamides is 2. The topological polar surface area (TPSA) is 205 Å². The Bertz CT molecular complexity index is 932. The predicted octanol–water partition coefficient (Wildman–Crippen LogP) is -1.70. The lowest BCUT2D eigenvalue weighted by Crippen LogP contribution is -2.36. The van der Waals surface area contributed by atoms with Crippen LogP contribution >= 0.6 is 23.2 Å². The monoisotopic (exact) mass is 433 g/mol. The van der Waals surface area contributed by atoms with Crippen LogP contribution in [0.15, 0.2) is 15.9 Å². The smallest absolute Gasteiger partial charge is 0.243 e. The van der Waals surface area contributed by atoms with Crippen molar-refractivity contribution in [2.75, 3.05) is 18.4 Å². The van der Waals surface area contributed by atoms with Gasteiger partial charge in [0, 0.05) is 0 Å². The van der Waals surface area contributed by atoms with E-state index in [1.807, 2.05) is 0 Å². The van der Waals surface area contributed by atoms with Gasteiger partial charge in [-0.3, -0.25) is 9.59 Å². The zero-order valence-electron chi connectivity index (χ0n) is 12.2. The van der Waals surface area contributed by atoms with Crippen LogP contribution in [0.2, 0.25) is 10.0 Å². The summed E-state index contributed by atoms with van der Waals surface area (Å²) in [7, 11) is -8.95. The van der Waals surface area contributed by atoms with Gasteiger partial charge in [-0.2, -0.15) is 0 Å². The van der Waals surface area contributed by atoms with E-state index in [-0.39, 0.29) is 6.54 Å². The molecule has 0 spiro atoms. The lowest BCUT2D eigenvalue weighted by molar-refractivity contribution is -0.123. The number of hydrogen-bond donors (Lipinski definition) is 5. The molecular weight excluding hydrogens is 421 g/mol. The molecule has 0 aliphatic rings. The van der Waals surface area contributed by atoms with E-state index in [4.69, 9.17) is 39.2 Å². The number of rotatable bonds is 6. The minimum absolute atomic E-state index is 0.370. The summed E-state index contributed by atoms with van der Waals surface area (Å²) in [5.41, 5.74) is 4.49. The maximum Gasteiger partial charge on any atom is 0.243 e. The van der Waals surface area contributed by atoms with E-state index in [1.54, 1.807) is 0 Å². The van der Waals surface area contributed by atoms with E-state index >= 15 is 0 Å². The number of benzene rings is 1. The Morgan fingerprint density at radius 2 is 1.48 bits per heavy atom. The molecule has 0 saturated heterocycles. The Morgan fingerprint density at radius 3 is 1.92 bits per heavy atom. The van der Waals surface area contributed by atoms with Gasteiger partial charge >= 0.3 is 0 Å². The van der Waals surface area contributed by atoms with E-state index in [9.17, 15) is 26.4 Å². The van der Waals surface area contributed by atoms with Crippen LogP contribution in [0.1, 0.15) is 0 Å². The Labute approximate surface area is 152 Å². The molecule has 0 aliphatic heterocycles. The lowest BCUT2D eigenvalue weighted by atomic mass is 10.3. The Hall–Kier alpha value is -1.48. The fourth-order valence-corrected chi connectivity index (χ4v) is 3.83. The highest BCUT2D eigenvalue weighted by atomic mass is 35.5. The van der Waals surface area contributed by atoms with Gasteiger partial charge in [-0.05, 0) is 6.07 Å². The SMILES string of the molecule is NCC(=O)NCC(=O)Nc1c(S(N)(=O)=O)cc(S(N)(=O)=O)c(Cl)c1Cl. The van der Waals surface area contributed by atoms with Crippen LogP contribution in [0.3, 0.4) is 0 Å². The number of nitrogens with two attached hydrogens (primary N) is 3. The van der Waals surface area contributed by atoms with Crippen molar-refractivity contribution in [1.82, 2.24) is 5.32 Å². The normalized spacial score (nSPS) is 11.9. The quantitative estimate of drug-likeness (QED) is 0.351. The van der Waals surface area contributed by atoms with Gasteiger partial charge in [-0.25, -0.2) is 27.1 Å². The molecule has 0 aromatic heterocycles. The second-order valence-corrected chi connectivity index (χ2v) is 8.31. The average molecular weight is 434 g/mol. The first-order valence-electron chi connectivity index (χ1n) is 6.13. The molecule has 0 aliphatic carbocycles. The van der Waals surface area contributed by atoms with Crippen molar-refractivity contribution >= 4 is 60.8 Å². The number of hydrogen-bond acceptors (Lipinski definition) is 7. The number of sulfonamides is 2. The molecule has 0 saturated carbocycles. The van der Waals surface area contributed by atoms with E-state index < -0.39 is 63.9 Å². The number of nitrogens with one attached hydrogen (secondary N) is 2. The molecular formula is C10H13Cl2N5O6S2. The number of carbonyl (C=O) groups is 2. The van der Waals surface area contributed by atoms with Crippen molar-refractivity contribution in [3.05, 3.63) is 16.1 Å². The van der Waals surface area contributed by atoms with Crippen molar-refractivity contribution in [2.24, 2.45) is 16.0 Å². The van der Waals surface area contributed by atoms with Gasteiger partial charge in [0.2, 0.25) is 31.9 Å². The van der Waals surface area contributed by atoms with Gasteiger partial charge in [0.25, 0.3) is 0 Å². The molecule has 140 valence electrons. The highest BCUT2D eigenvalue weighted by Crippen LogP contribution is 2.39. The molecule has 11 nitrogen and oxygen atoms in total. The molecule has 0 bridgehead atoms. The fourth-order valence-electron chi connectivity index (χ4n) is 1.56. The van der Waals surface area contributed by atoms with Gasteiger partial charge in [0.1, 0.15) is 9.79 Å². The molecule has 0 unspecified atom stereocenters. The summed E-state index contributed by atoms with van der Waals surface area (Å²) in [6.45, 7) is -0.934. The molecule has 15 heteroatoms. The molecule has 2 amide bonds. The van der Waals surface area contributed by atoms with Crippen LogP contribution in [0.5, 0.6) is 0 Å². The lowest BCUT2D eigenvalue weighted by Gasteiger charge is -2.15. The van der Waals surface area contributed by atoms with Crippen molar-refractivity contribution in [3.63, 3.8) is 0 Å². The summed E-state index contributed by atoms with van der Waals surface area (Å²) in [6.07, 6.45) is 0. The van der Waals surface area contributed by atoms with Gasteiger partial charge in [0.15, 0.2) is 0 Å². The van der Waals surface area contributed by atoms with Gasteiger partial charge < -0.3 is 16.4 Å². The van der Waals surface area contributed by atoms with Gasteiger partial charge in [0.05, 0.1) is 28.8 Å². The first-order valence-corrected chi connectivity index (χ1v) is 9.98. The predicted molar refractivity (Wildman–Crippen MR) is 89.9 cm³/mol. The summed E-state index contributed by atoms with van der Waals surface area (Å²) >= 11 is 11.6. The maximum atomic E-state index is 11.8. The molecule has 8 N–H and O–H groups in total. The van der Waals surface area contributed by atoms with Crippen LogP contribution in [0.25, 0.3) is 0 Å². The Morgan fingerprint density at radius 1 is 0.960 bits per heavy atom. The van der Waals surface area contributed by atoms with Gasteiger partial charge in [-0.1, -0.05) is 23.2 Å². The first-order chi connectivity index (χ1) is 11.3. The highest BCUT2D eigenvalue weighted by molar-refractivity contribution is 7.90. The van der Waals surface area contributed by atoms with Crippen molar-refractivity contribution < 1.29 is 26.4 Å². The molecule has 0 atom stereocenters. The summed E-state index contributed by atoms with van der Waals surface area (Å²) in [4.78, 5) is 21.2. The summed E-state index contributed by atoms with van der Waals surface area (Å²) < 4.78 is 46.3. The zero-order valence-corrected chi connectivity index (χ0v) is 15.4. The van der Waals surface area contributed by atoms with Crippen molar-refractivity contribution in [3.8, 4) is 0 Å². The highest BCUT2D eigenvalue weighted by Gasteiger charge is 2.27. The zero-order chi connectivity index (χ0) is 19.6. The van der Waals surface area contributed by atoms with E-state index in [0.29, 0.717) is 6.07 Å². The van der Waals surface area contributed by atoms with Crippen LogP contribution in [0.4, 0.5) is 5.69 Å². The standard InChI is InChI=1S/C10H13Cl2N5O6S2/c11-8-4(24(14,20)21)1-5(25(15,22)23)10(9(8)12)17-7(19)3-16-6(18)2-13/h1H,2-3,13H2,(H,16,18)(H,17,19)(H2,14,20,21)(H2,15,22,23). The number of anilines is 1. The number of amides is 2. The third-order valence-corrected chi connectivity index (χ3v) is 5.50. The minimum atomic E-state index is -4.52. The molecule has 0 heterocycles. The molecule has 0 fully saturated rings. The summed E-state index contributed by atoms with van der Waals surface area (Å²) in [6, 6.07) is 0.562. The molecule has 1 rings (SSSR count). The van der Waals surface area contributed by atoms with Crippen LogP contribution in [-0.4, -0.2) is 41.7 Å². The molecule has 1 aromatic carbocycles. The maximum absolute atomic E-state index is 11.8. The largest absolute Gasteiger partial charge is 0.346 e. The van der Waals surface area contributed by atoms with Crippen LogP contribution < -0.4 is 26.6 Å². The van der Waals surface area contributed by atoms with Gasteiger partial charge in [-0.15, -0.1) is 0 Å². The molecule has 25 heavy (non-hydrogen) atoms. The average Bonchev–Trinajstić information content (AvgIpc) is 2.46. The second kappa shape index (κ2) is 7.82. The Balaban J connectivity index is 3.43. The van der Waals surface area contributed by atoms with Crippen LogP contribution in [-0.2, 0) is 29.6 Å². The van der Waals surface area contributed by atoms with Crippen molar-refractivity contribution in [1.29, 1.82) is 0 Å². The number of halogens is 2. The Kier molecular flexibility index (Phi) is 6.74. The first kappa shape index (κ1) is 21.6. The second-order valence-electron chi connectivity index (χ2n) is 4.49. The molecule has 0 radical (unpaired) electrons. The summed E-state index contributed by atoms with van der Waals surface area (Å²) in [5.74, 6) is -1.54. The van der Waals surface area contributed by atoms with E-state index in [0.717, 1.165) is 0 Å². The van der Waals surface area contributed by atoms with Crippen molar-refractivity contribution in [2.45, 2.75) is 9.79 Å². The molecule has 1 aromatic rings. The van der Waals surface area contributed by atoms with Crippen LogP contribution in [0, 0.1) is 0 Å². The number of carbonyl (C=O) groups excluding carboxylic acids is 2. The minimum Gasteiger partial charge on any atom is -0.346 e. The third kappa shape index (κ3) is 5.50. The summed E-state index contributed by atoms with van der Waals surface area (Å²) in [5, 5.41) is 12.9. The fraction of sp³-hybridized carbons (Fsp3) is 0.200. The van der Waals surface area contributed by atoms with E-state index in [1.165, 1.54) is 0 Å².